The van der Waals surface area contributed by atoms with Crippen LogP contribution in [0.15, 0.2) is 24.3 Å². The van der Waals surface area contributed by atoms with Crippen LogP contribution in [0, 0.1) is 0 Å². The highest BCUT2D eigenvalue weighted by atomic mass is 35.5. The van der Waals surface area contributed by atoms with Crippen molar-refractivity contribution in [3.05, 3.63) is 34.4 Å². The van der Waals surface area contributed by atoms with Crippen molar-refractivity contribution < 1.29 is 0 Å². The quantitative estimate of drug-likeness (QED) is 0.843. The number of nitrogens with zero attached hydrogens (tertiary/aromatic N) is 1. The van der Waals surface area contributed by atoms with E-state index in [0.717, 1.165) is 22.5 Å². The summed E-state index contributed by atoms with van der Waals surface area (Å²) in [5.74, 6) is 0. The van der Waals surface area contributed by atoms with Gasteiger partial charge in [0.1, 0.15) is 5.15 Å². The van der Waals surface area contributed by atoms with Crippen molar-refractivity contribution >= 4 is 34.1 Å². The number of halogens is 2. The van der Waals surface area contributed by atoms with E-state index in [1.54, 1.807) is 0 Å². The highest BCUT2D eigenvalue weighted by Crippen LogP contribution is 2.25. The first-order chi connectivity index (χ1) is 6.72. The number of fused-ring (bicyclic) bond motifs is 1. The molecule has 0 spiro atoms. The van der Waals surface area contributed by atoms with Gasteiger partial charge in [-0.15, -0.1) is 0 Å². The van der Waals surface area contributed by atoms with Gasteiger partial charge in [0.05, 0.1) is 0 Å². The minimum atomic E-state index is 0.576. The van der Waals surface area contributed by atoms with Crippen molar-refractivity contribution in [3.8, 4) is 0 Å². The maximum Gasteiger partial charge on any atom is 0.110 e. The third kappa shape index (κ3) is 1.61. The molecule has 2 nitrogen and oxygen atoms in total. The maximum absolute atomic E-state index is 6.06. The van der Waals surface area contributed by atoms with Gasteiger partial charge in [-0.05, 0) is 24.3 Å². The summed E-state index contributed by atoms with van der Waals surface area (Å²) in [6.45, 7) is 1.30. The van der Waals surface area contributed by atoms with E-state index >= 15 is 0 Å². The van der Waals surface area contributed by atoms with Crippen LogP contribution in [-0.2, 0) is 6.54 Å². The highest BCUT2D eigenvalue weighted by Gasteiger charge is 2.05. The number of benzene rings is 1. The SMILES string of the molecule is NCCn1c(Cl)cc2cc(Cl)ccc21. The second-order valence-corrected chi connectivity index (χ2v) is 3.93. The van der Waals surface area contributed by atoms with Crippen LogP contribution in [0.5, 0.6) is 0 Å². The predicted molar refractivity (Wildman–Crippen MR) is 61.0 cm³/mol. The lowest BCUT2D eigenvalue weighted by molar-refractivity contribution is 0.736. The second-order valence-electron chi connectivity index (χ2n) is 3.11. The van der Waals surface area contributed by atoms with Gasteiger partial charge in [0, 0.05) is 29.0 Å². The smallest absolute Gasteiger partial charge is 0.110 e. The molecule has 0 amide bonds. The third-order valence-electron chi connectivity index (χ3n) is 2.17. The van der Waals surface area contributed by atoms with Crippen LogP contribution < -0.4 is 5.73 Å². The molecule has 2 N–H and O–H groups in total. The zero-order valence-corrected chi connectivity index (χ0v) is 9.02. The van der Waals surface area contributed by atoms with Crippen LogP contribution in [0.4, 0.5) is 0 Å². The van der Waals surface area contributed by atoms with Crippen molar-refractivity contribution in [1.29, 1.82) is 0 Å². The first-order valence-corrected chi connectivity index (χ1v) is 5.12. The molecule has 0 aliphatic rings. The number of aromatic nitrogens is 1. The molecule has 1 aromatic carbocycles. The fraction of sp³-hybridized carbons (Fsp3) is 0.200. The van der Waals surface area contributed by atoms with Gasteiger partial charge in [0.15, 0.2) is 0 Å². The average molecular weight is 229 g/mol. The Balaban J connectivity index is 2.64. The molecular formula is C10H10Cl2N2. The van der Waals surface area contributed by atoms with Crippen molar-refractivity contribution in [2.24, 2.45) is 5.73 Å². The number of hydrogen-bond acceptors (Lipinski definition) is 1. The van der Waals surface area contributed by atoms with Crippen molar-refractivity contribution in [2.45, 2.75) is 6.54 Å². The molecule has 0 aliphatic carbocycles. The molecule has 0 atom stereocenters. The fourth-order valence-electron chi connectivity index (χ4n) is 1.56. The molecule has 0 saturated heterocycles. The van der Waals surface area contributed by atoms with Gasteiger partial charge in [-0.25, -0.2) is 0 Å². The normalized spacial score (nSPS) is 11.1. The molecule has 2 rings (SSSR count). The second kappa shape index (κ2) is 3.81. The minimum Gasteiger partial charge on any atom is -0.330 e. The summed E-state index contributed by atoms with van der Waals surface area (Å²) in [5.41, 5.74) is 6.58. The first-order valence-electron chi connectivity index (χ1n) is 4.37. The van der Waals surface area contributed by atoms with Crippen LogP contribution in [-0.4, -0.2) is 11.1 Å². The lowest BCUT2D eigenvalue weighted by atomic mass is 10.2. The minimum absolute atomic E-state index is 0.576. The molecule has 0 unspecified atom stereocenters. The van der Waals surface area contributed by atoms with Gasteiger partial charge < -0.3 is 10.3 Å². The standard InChI is InChI=1S/C10H10Cl2N2/c11-8-1-2-9-7(5-8)6-10(12)14(9)4-3-13/h1-2,5-6H,3-4,13H2. The lowest BCUT2D eigenvalue weighted by Gasteiger charge is -2.04. The molecule has 0 radical (unpaired) electrons. The molecule has 14 heavy (non-hydrogen) atoms. The molecule has 74 valence electrons. The van der Waals surface area contributed by atoms with Gasteiger partial charge in [0.25, 0.3) is 0 Å². The Hall–Kier alpha value is -0.700. The Bertz CT molecular complexity index is 462. The Morgan fingerprint density at radius 2 is 2.00 bits per heavy atom. The summed E-state index contributed by atoms with van der Waals surface area (Å²) >= 11 is 11.9. The number of nitrogens with two attached hydrogens (primary N) is 1. The monoisotopic (exact) mass is 228 g/mol. The van der Waals surface area contributed by atoms with Gasteiger partial charge in [-0.1, -0.05) is 23.2 Å². The first kappa shape index (κ1) is 9.84. The summed E-state index contributed by atoms with van der Waals surface area (Å²) in [6, 6.07) is 7.61. The van der Waals surface area contributed by atoms with Gasteiger partial charge in [-0.2, -0.15) is 0 Å². The Labute approximate surface area is 92.2 Å². The largest absolute Gasteiger partial charge is 0.330 e. The maximum atomic E-state index is 6.06. The van der Waals surface area contributed by atoms with E-state index in [2.05, 4.69) is 0 Å². The zero-order valence-electron chi connectivity index (χ0n) is 7.50. The molecule has 0 fully saturated rings. The highest BCUT2D eigenvalue weighted by molar-refractivity contribution is 6.32. The van der Waals surface area contributed by atoms with E-state index < -0.39 is 0 Å². The molecular weight excluding hydrogens is 219 g/mol. The molecule has 1 heterocycles. The van der Waals surface area contributed by atoms with Crippen LogP contribution in [0.3, 0.4) is 0 Å². The Kier molecular flexibility index (Phi) is 2.68. The lowest BCUT2D eigenvalue weighted by Crippen LogP contribution is -2.09. The Morgan fingerprint density at radius 1 is 1.21 bits per heavy atom. The van der Waals surface area contributed by atoms with Crippen LogP contribution in [0.1, 0.15) is 0 Å². The molecule has 0 bridgehead atoms. The summed E-state index contributed by atoms with van der Waals surface area (Å²) < 4.78 is 1.98. The van der Waals surface area contributed by atoms with E-state index in [-0.39, 0.29) is 0 Å². The van der Waals surface area contributed by atoms with Crippen molar-refractivity contribution in [3.63, 3.8) is 0 Å². The van der Waals surface area contributed by atoms with Gasteiger partial charge >= 0.3 is 0 Å². The summed E-state index contributed by atoms with van der Waals surface area (Å²) in [7, 11) is 0. The van der Waals surface area contributed by atoms with Crippen LogP contribution in [0.25, 0.3) is 10.9 Å². The predicted octanol–water partition coefficient (Wildman–Crippen LogP) is 2.91. The van der Waals surface area contributed by atoms with E-state index in [0.29, 0.717) is 11.7 Å². The van der Waals surface area contributed by atoms with Crippen LogP contribution >= 0.6 is 23.2 Å². The summed E-state index contributed by atoms with van der Waals surface area (Å²) in [6.07, 6.45) is 0. The molecule has 4 heteroatoms. The number of rotatable bonds is 2. The summed E-state index contributed by atoms with van der Waals surface area (Å²) in [5, 5.41) is 2.47. The van der Waals surface area contributed by atoms with E-state index in [1.165, 1.54) is 0 Å². The van der Waals surface area contributed by atoms with Gasteiger partial charge in [0.2, 0.25) is 0 Å². The third-order valence-corrected chi connectivity index (χ3v) is 2.71. The average Bonchev–Trinajstić information content (AvgIpc) is 2.43. The fourth-order valence-corrected chi connectivity index (χ4v) is 2.04. The van der Waals surface area contributed by atoms with Gasteiger partial charge in [-0.3, -0.25) is 0 Å². The van der Waals surface area contributed by atoms with Crippen LogP contribution in [0.2, 0.25) is 10.2 Å². The topological polar surface area (TPSA) is 30.9 Å². The Morgan fingerprint density at radius 3 is 2.71 bits per heavy atom. The van der Waals surface area contributed by atoms with E-state index in [1.807, 2.05) is 28.8 Å². The molecule has 1 aromatic heterocycles. The number of hydrogen-bond donors (Lipinski definition) is 1. The van der Waals surface area contributed by atoms with Crippen molar-refractivity contribution in [2.75, 3.05) is 6.54 Å². The summed E-state index contributed by atoms with van der Waals surface area (Å²) in [4.78, 5) is 0. The molecule has 2 aromatic rings. The van der Waals surface area contributed by atoms with E-state index in [9.17, 15) is 0 Å². The molecule has 0 saturated carbocycles. The van der Waals surface area contributed by atoms with E-state index in [4.69, 9.17) is 28.9 Å². The molecule has 0 aliphatic heterocycles. The van der Waals surface area contributed by atoms with Crippen molar-refractivity contribution in [1.82, 2.24) is 4.57 Å². The zero-order chi connectivity index (χ0) is 10.1.